The lowest BCUT2D eigenvalue weighted by Gasteiger charge is -2.34. The van der Waals surface area contributed by atoms with Crippen LogP contribution in [0.4, 0.5) is 10.5 Å². The fraction of sp³-hybridized carbons (Fsp3) is 0.464. The number of rotatable bonds is 8. The highest BCUT2D eigenvalue weighted by molar-refractivity contribution is 6.00. The number of nitrogens with one attached hydrogen (secondary N) is 2. The molecule has 2 unspecified atom stereocenters. The molecule has 3 N–H and O–H groups in total. The van der Waals surface area contributed by atoms with Gasteiger partial charge in [-0.1, -0.05) is 48.0 Å². The predicted molar refractivity (Wildman–Crippen MR) is 139 cm³/mol. The molecule has 194 valence electrons. The highest BCUT2D eigenvalue weighted by atomic mass is 16.6. The summed E-state index contributed by atoms with van der Waals surface area (Å²) in [7, 11) is 0. The third-order valence-electron chi connectivity index (χ3n) is 5.98. The van der Waals surface area contributed by atoms with Gasteiger partial charge in [-0.25, -0.2) is 4.79 Å². The monoisotopic (exact) mass is 495 g/mol. The van der Waals surface area contributed by atoms with Gasteiger partial charge in [0.05, 0.1) is 6.61 Å². The molecule has 0 bridgehead atoms. The van der Waals surface area contributed by atoms with Crippen LogP contribution in [-0.2, 0) is 14.3 Å². The second-order valence-corrected chi connectivity index (χ2v) is 10.4. The smallest absolute Gasteiger partial charge is 0.408 e. The van der Waals surface area contributed by atoms with Crippen LogP contribution < -0.4 is 10.6 Å². The average Bonchev–Trinajstić information content (AvgIpc) is 3.61. The molecule has 8 nitrogen and oxygen atoms in total. The average molecular weight is 496 g/mol. The Morgan fingerprint density at radius 1 is 1.06 bits per heavy atom. The van der Waals surface area contributed by atoms with Crippen LogP contribution in [0.3, 0.4) is 0 Å². The predicted octanol–water partition coefficient (Wildman–Crippen LogP) is 4.17. The Morgan fingerprint density at radius 3 is 2.19 bits per heavy atom. The van der Waals surface area contributed by atoms with Gasteiger partial charge in [0.2, 0.25) is 5.91 Å². The molecular formula is C28H37N3O5. The van der Waals surface area contributed by atoms with E-state index >= 15 is 0 Å². The number of nitrogens with zero attached hydrogens (tertiary/aromatic N) is 1. The molecule has 1 saturated carbocycles. The second-order valence-electron chi connectivity index (χ2n) is 10.4. The van der Waals surface area contributed by atoms with Crippen molar-refractivity contribution in [3.63, 3.8) is 0 Å². The maximum Gasteiger partial charge on any atom is 0.408 e. The number of ether oxygens (including phenoxy) is 1. The summed E-state index contributed by atoms with van der Waals surface area (Å²) in [5, 5.41) is 15.5. The number of hydrogen-bond donors (Lipinski definition) is 3. The van der Waals surface area contributed by atoms with Crippen molar-refractivity contribution in [2.24, 2.45) is 0 Å². The fourth-order valence-electron chi connectivity index (χ4n) is 4.17. The molecule has 1 fully saturated rings. The molecule has 0 heterocycles. The van der Waals surface area contributed by atoms with Gasteiger partial charge >= 0.3 is 6.09 Å². The molecule has 2 aromatic rings. The van der Waals surface area contributed by atoms with Gasteiger partial charge < -0.3 is 25.4 Å². The number of benzene rings is 2. The van der Waals surface area contributed by atoms with Crippen LogP contribution in [0.2, 0.25) is 0 Å². The number of carbonyl (C=O) groups is 3. The van der Waals surface area contributed by atoms with Crippen molar-refractivity contribution >= 4 is 23.6 Å². The van der Waals surface area contributed by atoms with Gasteiger partial charge in [-0.05, 0) is 71.1 Å². The quantitative estimate of drug-likeness (QED) is 0.510. The first-order chi connectivity index (χ1) is 16.9. The van der Waals surface area contributed by atoms with Crippen molar-refractivity contribution in [1.82, 2.24) is 10.2 Å². The molecule has 3 amide bonds. The van der Waals surface area contributed by atoms with Gasteiger partial charge in [0, 0.05) is 11.7 Å². The van der Waals surface area contributed by atoms with E-state index < -0.39 is 36.3 Å². The normalized spacial score (nSPS) is 15.0. The van der Waals surface area contributed by atoms with E-state index in [1.807, 2.05) is 63.2 Å². The molecule has 0 aliphatic heterocycles. The molecule has 3 rings (SSSR count). The number of hydrogen-bond acceptors (Lipinski definition) is 5. The summed E-state index contributed by atoms with van der Waals surface area (Å²) in [6, 6.07) is 10.9. The number of aliphatic hydroxyl groups excluding tert-OH is 1. The Kier molecular flexibility index (Phi) is 8.40. The van der Waals surface area contributed by atoms with Gasteiger partial charge in [0.25, 0.3) is 5.91 Å². The summed E-state index contributed by atoms with van der Waals surface area (Å²) in [6.07, 6.45) is 0.655. The lowest BCUT2D eigenvalue weighted by molar-refractivity contribution is -0.142. The molecule has 0 aromatic heterocycles. The maximum atomic E-state index is 13.8. The first-order valence-electron chi connectivity index (χ1n) is 12.3. The van der Waals surface area contributed by atoms with Crippen LogP contribution in [0.15, 0.2) is 42.5 Å². The van der Waals surface area contributed by atoms with E-state index in [-0.39, 0.29) is 11.9 Å². The van der Waals surface area contributed by atoms with E-state index in [2.05, 4.69) is 10.6 Å². The van der Waals surface area contributed by atoms with Crippen molar-refractivity contribution in [1.29, 1.82) is 0 Å². The molecule has 2 atom stereocenters. The third kappa shape index (κ3) is 6.85. The Balaban J connectivity index is 1.98. The zero-order valence-corrected chi connectivity index (χ0v) is 21.9. The summed E-state index contributed by atoms with van der Waals surface area (Å²) in [5.41, 5.74) is 3.37. The Labute approximate surface area is 213 Å². The molecule has 0 radical (unpaired) electrons. The van der Waals surface area contributed by atoms with Crippen molar-refractivity contribution in [3.05, 3.63) is 64.7 Å². The molecule has 1 aliphatic rings. The number of aliphatic hydroxyl groups is 1. The number of anilines is 1. The second kappa shape index (κ2) is 11.1. The topological polar surface area (TPSA) is 108 Å². The van der Waals surface area contributed by atoms with E-state index in [1.54, 1.807) is 20.8 Å². The first-order valence-corrected chi connectivity index (χ1v) is 12.3. The summed E-state index contributed by atoms with van der Waals surface area (Å²) in [5.74, 6) is -0.888. The zero-order chi connectivity index (χ0) is 26.6. The molecule has 1 aliphatic carbocycles. The van der Waals surface area contributed by atoms with E-state index in [1.165, 1.54) is 4.90 Å². The highest BCUT2D eigenvalue weighted by Crippen LogP contribution is 2.36. The number of alkyl carbamates (subject to hydrolysis) is 1. The molecule has 0 spiro atoms. The lowest BCUT2D eigenvalue weighted by atomic mass is 10.00. The molecule has 8 heteroatoms. The van der Waals surface area contributed by atoms with Crippen LogP contribution in [0.5, 0.6) is 0 Å². The molecular weight excluding hydrogens is 458 g/mol. The van der Waals surface area contributed by atoms with Crippen LogP contribution in [0.25, 0.3) is 0 Å². The van der Waals surface area contributed by atoms with Crippen LogP contribution in [0, 0.1) is 20.8 Å². The van der Waals surface area contributed by atoms with Gasteiger partial charge in [0.1, 0.15) is 17.7 Å². The van der Waals surface area contributed by atoms with E-state index in [0.29, 0.717) is 11.3 Å². The number of amides is 3. The summed E-state index contributed by atoms with van der Waals surface area (Å²) < 4.78 is 5.28. The lowest BCUT2D eigenvalue weighted by Crippen LogP contribution is -2.54. The molecule has 0 saturated heterocycles. The van der Waals surface area contributed by atoms with Crippen LogP contribution in [-0.4, -0.2) is 52.2 Å². The van der Waals surface area contributed by atoms with Crippen molar-refractivity contribution in [3.8, 4) is 0 Å². The molecule has 2 aromatic carbocycles. The summed E-state index contributed by atoms with van der Waals surface area (Å²) >= 11 is 0. The highest BCUT2D eigenvalue weighted by Gasteiger charge is 2.44. The van der Waals surface area contributed by atoms with Crippen molar-refractivity contribution < 1.29 is 24.2 Å². The number of aryl methyl sites for hydroxylation is 3. The van der Waals surface area contributed by atoms with Crippen molar-refractivity contribution in [2.45, 2.75) is 78.1 Å². The zero-order valence-electron chi connectivity index (χ0n) is 21.9. The SMILES string of the molecule is Cc1cccc(C(C(=O)Nc2c(C)cccc2C)N(C(=O)C(CO)NC(=O)OC(C)(C)C)C2CC2)c1. The summed E-state index contributed by atoms with van der Waals surface area (Å²) in [6.45, 7) is 10.3. The Hall–Kier alpha value is -3.39. The standard InChI is InChI=1S/C28H37N3O5/c1-17-9-7-12-20(15-17)24(25(33)30-23-18(2)10-8-11-19(23)3)31(21-13-14-21)26(34)22(16-32)29-27(35)36-28(4,5)6/h7-12,15,21-22,24,32H,13-14,16H2,1-6H3,(H,29,35)(H,30,33). The van der Waals surface area contributed by atoms with Crippen LogP contribution in [0.1, 0.15) is 61.9 Å². The maximum absolute atomic E-state index is 13.8. The van der Waals surface area contributed by atoms with Gasteiger partial charge in [0.15, 0.2) is 0 Å². The molecule has 36 heavy (non-hydrogen) atoms. The Morgan fingerprint density at radius 2 is 1.67 bits per heavy atom. The minimum atomic E-state index is -1.25. The summed E-state index contributed by atoms with van der Waals surface area (Å²) in [4.78, 5) is 41.5. The van der Waals surface area contributed by atoms with Crippen LogP contribution >= 0.6 is 0 Å². The minimum Gasteiger partial charge on any atom is -0.444 e. The van der Waals surface area contributed by atoms with Gasteiger partial charge in [-0.15, -0.1) is 0 Å². The number of carbonyl (C=O) groups excluding carboxylic acids is 3. The van der Waals surface area contributed by atoms with E-state index in [0.717, 1.165) is 29.5 Å². The van der Waals surface area contributed by atoms with Crippen molar-refractivity contribution in [2.75, 3.05) is 11.9 Å². The van der Waals surface area contributed by atoms with E-state index in [9.17, 15) is 19.5 Å². The first kappa shape index (κ1) is 27.2. The van der Waals surface area contributed by atoms with Gasteiger partial charge in [-0.3, -0.25) is 9.59 Å². The third-order valence-corrected chi connectivity index (χ3v) is 5.98. The fourth-order valence-corrected chi connectivity index (χ4v) is 4.17. The largest absolute Gasteiger partial charge is 0.444 e. The number of para-hydroxylation sites is 1. The van der Waals surface area contributed by atoms with Gasteiger partial charge in [-0.2, -0.15) is 0 Å². The Bertz CT molecular complexity index is 1100. The minimum absolute atomic E-state index is 0.179. The van der Waals surface area contributed by atoms with E-state index in [4.69, 9.17) is 4.74 Å².